The van der Waals surface area contributed by atoms with Gasteiger partial charge in [0.2, 0.25) is 0 Å². The largest absolute Gasteiger partial charge is 0.152 e. The van der Waals surface area contributed by atoms with Gasteiger partial charge >= 0.3 is 0 Å². The zero-order chi connectivity index (χ0) is 18.0. The van der Waals surface area contributed by atoms with Gasteiger partial charge < -0.3 is 0 Å². The SMILES string of the molecule is Brc1ccsc1.CCCCCCCCCCCCCCc1ccsc1. The molecule has 0 aromatic carbocycles. The van der Waals surface area contributed by atoms with E-state index in [-0.39, 0.29) is 0 Å². The van der Waals surface area contributed by atoms with Gasteiger partial charge in [0.25, 0.3) is 0 Å². The van der Waals surface area contributed by atoms with Crippen molar-refractivity contribution in [3.8, 4) is 0 Å². The molecular formula is C22H35BrS2. The number of unbranched alkanes of at least 4 members (excludes halogenated alkanes) is 11. The summed E-state index contributed by atoms with van der Waals surface area (Å²) in [5.74, 6) is 0. The highest BCUT2D eigenvalue weighted by molar-refractivity contribution is 9.10. The smallest absolute Gasteiger partial charge is 0.0282 e. The van der Waals surface area contributed by atoms with E-state index in [0.29, 0.717) is 0 Å². The topological polar surface area (TPSA) is 0 Å². The van der Waals surface area contributed by atoms with E-state index in [9.17, 15) is 0 Å². The van der Waals surface area contributed by atoms with Gasteiger partial charge in [-0.2, -0.15) is 22.7 Å². The van der Waals surface area contributed by atoms with Crippen molar-refractivity contribution in [3.05, 3.63) is 43.7 Å². The molecule has 2 aromatic heterocycles. The molecule has 0 aliphatic carbocycles. The van der Waals surface area contributed by atoms with Crippen molar-refractivity contribution >= 4 is 38.6 Å². The molecule has 0 spiro atoms. The van der Waals surface area contributed by atoms with Gasteiger partial charge in [0, 0.05) is 9.85 Å². The second-order valence-corrected chi connectivity index (χ2v) is 9.19. The Labute approximate surface area is 172 Å². The van der Waals surface area contributed by atoms with Crippen LogP contribution in [0.4, 0.5) is 0 Å². The van der Waals surface area contributed by atoms with Crippen LogP contribution in [0.25, 0.3) is 0 Å². The molecule has 0 bridgehead atoms. The first-order chi connectivity index (χ1) is 12.3. The highest BCUT2D eigenvalue weighted by Crippen LogP contribution is 2.14. The summed E-state index contributed by atoms with van der Waals surface area (Å²) in [7, 11) is 0. The Morgan fingerprint density at radius 2 is 1.20 bits per heavy atom. The van der Waals surface area contributed by atoms with Crippen molar-refractivity contribution in [1.82, 2.24) is 0 Å². The van der Waals surface area contributed by atoms with E-state index >= 15 is 0 Å². The van der Waals surface area contributed by atoms with Gasteiger partial charge in [-0.05, 0) is 62.6 Å². The Morgan fingerprint density at radius 1 is 0.680 bits per heavy atom. The highest BCUT2D eigenvalue weighted by atomic mass is 79.9. The van der Waals surface area contributed by atoms with Crippen LogP contribution < -0.4 is 0 Å². The Hall–Kier alpha value is -0.120. The summed E-state index contributed by atoms with van der Waals surface area (Å²) in [5, 5.41) is 8.55. The minimum Gasteiger partial charge on any atom is -0.152 e. The molecule has 0 radical (unpaired) electrons. The first-order valence-electron chi connectivity index (χ1n) is 10.0. The van der Waals surface area contributed by atoms with Crippen LogP contribution in [0.2, 0.25) is 0 Å². The minimum absolute atomic E-state index is 1.17. The van der Waals surface area contributed by atoms with Gasteiger partial charge in [-0.15, -0.1) is 0 Å². The second kappa shape index (κ2) is 17.3. The van der Waals surface area contributed by atoms with Crippen molar-refractivity contribution in [2.75, 3.05) is 0 Å². The molecule has 0 aliphatic rings. The molecule has 0 unspecified atom stereocenters. The van der Waals surface area contributed by atoms with E-state index in [1.807, 2.05) is 28.2 Å². The summed E-state index contributed by atoms with van der Waals surface area (Å²) in [6.45, 7) is 2.29. The quantitative estimate of drug-likeness (QED) is 0.270. The number of hydrogen-bond acceptors (Lipinski definition) is 2. The summed E-state index contributed by atoms with van der Waals surface area (Å²) < 4.78 is 1.17. The van der Waals surface area contributed by atoms with E-state index in [4.69, 9.17) is 0 Å². The van der Waals surface area contributed by atoms with Crippen LogP contribution >= 0.6 is 38.6 Å². The zero-order valence-corrected chi connectivity index (χ0v) is 19.1. The summed E-state index contributed by atoms with van der Waals surface area (Å²) in [6, 6.07) is 4.29. The maximum absolute atomic E-state index is 3.29. The molecule has 0 aliphatic heterocycles. The van der Waals surface area contributed by atoms with Gasteiger partial charge in [0.05, 0.1) is 0 Å². The molecule has 0 amide bonds. The third kappa shape index (κ3) is 14.7. The fourth-order valence-corrected chi connectivity index (χ4v) is 4.70. The standard InChI is InChI=1S/C18H32S.C4H3BrS/c1-2-3-4-5-6-7-8-9-10-11-12-13-14-18-15-16-19-17-18;5-4-1-2-6-3-4/h15-17H,2-14H2,1H3;1-3H. The van der Waals surface area contributed by atoms with E-state index in [1.165, 1.54) is 93.5 Å². The van der Waals surface area contributed by atoms with Crippen LogP contribution in [-0.2, 0) is 6.42 Å². The monoisotopic (exact) mass is 442 g/mol. The van der Waals surface area contributed by atoms with Gasteiger partial charge in [-0.3, -0.25) is 0 Å². The average Bonchev–Trinajstić information content (AvgIpc) is 3.30. The van der Waals surface area contributed by atoms with Crippen LogP contribution in [0.3, 0.4) is 0 Å². The van der Waals surface area contributed by atoms with E-state index in [2.05, 4.69) is 39.7 Å². The van der Waals surface area contributed by atoms with E-state index in [0.717, 1.165) is 0 Å². The fraction of sp³-hybridized carbons (Fsp3) is 0.636. The molecule has 0 N–H and O–H groups in total. The zero-order valence-electron chi connectivity index (χ0n) is 15.9. The van der Waals surface area contributed by atoms with Crippen LogP contribution in [0, 0.1) is 0 Å². The van der Waals surface area contributed by atoms with Gasteiger partial charge in [-0.25, -0.2) is 0 Å². The molecule has 25 heavy (non-hydrogen) atoms. The predicted octanol–water partition coefficient (Wildman–Crippen LogP) is 9.50. The molecule has 2 rings (SSSR count). The first-order valence-corrected chi connectivity index (χ1v) is 12.7. The molecule has 2 heterocycles. The van der Waals surface area contributed by atoms with Crippen LogP contribution in [-0.4, -0.2) is 0 Å². The van der Waals surface area contributed by atoms with Crippen molar-refractivity contribution in [2.45, 2.75) is 90.4 Å². The normalized spacial score (nSPS) is 10.5. The minimum atomic E-state index is 1.17. The Bertz CT molecular complexity index is 462. The lowest BCUT2D eigenvalue weighted by molar-refractivity contribution is 0.544. The summed E-state index contributed by atoms with van der Waals surface area (Å²) >= 11 is 6.81. The van der Waals surface area contributed by atoms with E-state index < -0.39 is 0 Å². The average molecular weight is 444 g/mol. The van der Waals surface area contributed by atoms with Crippen molar-refractivity contribution < 1.29 is 0 Å². The predicted molar refractivity (Wildman–Crippen MR) is 121 cm³/mol. The van der Waals surface area contributed by atoms with Crippen LogP contribution in [0.1, 0.15) is 89.5 Å². The fourth-order valence-electron chi connectivity index (χ4n) is 2.85. The van der Waals surface area contributed by atoms with Gasteiger partial charge in [0.1, 0.15) is 0 Å². The Balaban J connectivity index is 0.000000435. The molecule has 0 saturated carbocycles. The number of thiophene rings is 2. The van der Waals surface area contributed by atoms with Crippen molar-refractivity contribution in [2.24, 2.45) is 0 Å². The van der Waals surface area contributed by atoms with Crippen molar-refractivity contribution in [3.63, 3.8) is 0 Å². The second-order valence-electron chi connectivity index (χ2n) is 6.71. The van der Waals surface area contributed by atoms with Gasteiger partial charge in [0.15, 0.2) is 0 Å². The summed E-state index contributed by atoms with van der Waals surface area (Å²) in [6.07, 6.45) is 18.6. The molecule has 142 valence electrons. The third-order valence-electron chi connectivity index (χ3n) is 4.39. The number of aryl methyl sites for hydroxylation is 1. The molecule has 0 fully saturated rings. The van der Waals surface area contributed by atoms with Crippen LogP contribution in [0.15, 0.2) is 38.1 Å². The molecule has 0 saturated heterocycles. The van der Waals surface area contributed by atoms with Crippen molar-refractivity contribution in [1.29, 1.82) is 0 Å². The molecule has 2 aromatic rings. The molecule has 0 nitrogen and oxygen atoms in total. The first kappa shape index (κ1) is 22.9. The third-order valence-corrected chi connectivity index (χ3v) is 6.60. The number of halogens is 1. The maximum Gasteiger partial charge on any atom is 0.0282 e. The lowest BCUT2D eigenvalue weighted by Gasteiger charge is -2.02. The summed E-state index contributed by atoms with van der Waals surface area (Å²) in [4.78, 5) is 0. The summed E-state index contributed by atoms with van der Waals surface area (Å²) in [5.41, 5.74) is 1.54. The van der Waals surface area contributed by atoms with Crippen LogP contribution in [0.5, 0.6) is 0 Å². The van der Waals surface area contributed by atoms with Gasteiger partial charge in [-0.1, -0.05) is 77.6 Å². The maximum atomic E-state index is 3.29. The van der Waals surface area contributed by atoms with E-state index in [1.54, 1.807) is 11.3 Å². The molecule has 0 atom stereocenters. The number of hydrogen-bond donors (Lipinski definition) is 0. The Kier molecular flexibility index (Phi) is 15.9. The highest BCUT2D eigenvalue weighted by Gasteiger charge is 1.95. The molecule has 3 heteroatoms. The lowest BCUT2D eigenvalue weighted by Crippen LogP contribution is -1.84. The number of rotatable bonds is 13. The molecular weight excluding hydrogens is 408 g/mol. The Morgan fingerprint density at radius 3 is 1.60 bits per heavy atom. The lowest BCUT2D eigenvalue weighted by atomic mass is 10.0.